The number of aromatic nitrogens is 2. The van der Waals surface area contributed by atoms with Crippen LogP contribution >= 0.6 is 11.3 Å². The number of hydrogen-bond donors (Lipinski definition) is 1. The predicted molar refractivity (Wildman–Crippen MR) is 93.6 cm³/mol. The molecule has 0 spiro atoms. The Hall–Kier alpha value is -2.40. The fraction of sp³-hybridized carbons (Fsp3) is 0.222. The van der Waals surface area contributed by atoms with Crippen molar-refractivity contribution >= 4 is 11.3 Å². The first-order valence-corrected chi connectivity index (χ1v) is 8.52. The molecule has 0 aliphatic carbocycles. The number of nitrogens with zero attached hydrogens (tertiary/aromatic N) is 2. The summed E-state index contributed by atoms with van der Waals surface area (Å²) in [5.74, 6) is 0.117. The fourth-order valence-electron chi connectivity index (χ4n) is 2.83. The third-order valence-electron chi connectivity index (χ3n) is 3.91. The highest BCUT2D eigenvalue weighted by Crippen LogP contribution is 2.33. The van der Waals surface area contributed by atoms with Gasteiger partial charge in [-0.2, -0.15) is 0 Å². The summed E-state index contributed by atoms with van der Waals surface area (Å²) in [4.78, 5) is 17.3. The molecular formula is C18H18N2O2S. The molecule has 0 atom stereocenters. The maximum Gasteiger partial charge on any atom is 0.264 e. The van der Waals surface area contributed by atoms with Crippen LogP contribution in [0.25, 0.3) is 16.4 Å². The summed E-state index contributed by atoms with van der Waals surface area (Å²) in [5.41, 5.74) is 2.65. The van der Waals surface area contributed by atoms with Crippen molar-refractivity contribution in [1.29, 1.82) is 0 Å². The van der Waals surface area contributed by atoms with Gasteiger partial charge in [0.05, 0.1) is 11.3 Å². The molecular weight excluding hydrogens is 308 g/mol. The lowest BCUT2D eigenvalue weighted by atomic mass is 9.99. The van der Waals surface area contributed by atoms with Crippen molar-refractivity contribution in [3.05, 3.63) is 63.4 Å². The molecule has 3 aromatic rings. The standard InChI is InChI=1S/C18H18N2O2S/c1-3-13-15(12-8-6-5-7-9-12)20(18-19-10-11-23-18)17(22)14(4-2)16(13)21/h5-11,21H,3-4H2,1-2H3. The summed E-state index contributed by atoms with van der Waals surface area (Å²) in [6.07, 6.45) is 2.80. The molecule has 0 saturated heterocycles. The molecule has 0 fully saturated rings. The second-order valence-electron chi connectivity index (χ2n) is 5.18. The van der Waals surface area contributed by atoms with Crippen LogP contribution in [0.2, 0.25) is 0 Å². The molecule has 4 nitrogen and oxygen atoms in total. The summed E-state index contributed by atoms with van der Waals surface area (Å²) < 4.78 is 1.64. The molecule has 2 heterocycles. The summed E-state index contributed by atoms with van der Waals surface area (Å²) in [7, 11) is 0. The summed E-state index contributed by atoms with van der Waals surface area (Å²) in [6.45, 7) is 3.86. The number of benzene rings is 1. The van der Waals surface area contributed by atoms with E-state index in [0.717, 1.165) is 16.8 Å². The van der Waals surface area contributed by atoms with Crippen LogP contribution in [0.5, 0.6) is 5.75 Å². The van der Waals surface area contributed by atoms with Gasteiger partial charge in [-0.1, -0.05) is 44.2 Å². The van der Waals surface area contributed by atoms with Crippen molar-refractivity contribution in [2.24, 2.45) is 0 Å². The smallest absolute Gasteiger partial charge is 0.264 e. The van der Waals surface area contributed by atoms with Crippen LogP contribution in [0.3, 0.4) is 0 Å². The van der Waals surface area contributed by atoms with Gasteiger partial charge < -0.3 is 5.11 Å². The van der Waals surface area contributed by atoms with Crippen molar-refractivity contribution < 1.29 is 5.11 Å². The molecule has 0 saturated carbocycles. The van der Waals surface area contributed by atoms with Crippen LogP contribution in [0.1, 0.15) is 25.0 Å². The molecule has 3 rings (SSSR count). The molecule has 0 radical (unpaired) electrons. The largest absolute Gasteiger partial charge is 0.507 e. The lowest BCUT2D eigenvalue weighted by Crippen LogP contribution is -2.25. The highest BCUT2D eigenvalue weighted by atomic mass is 32.1. The highest BCUT2D eigenvalue weighted by molar-refractivity contribution is 7.12. The number of thiazole rings is 1. The molecule has 118 valence electrons. The van der Waals surface area contributed by atoms with E-state index in [-0.39, 0.29) is 11.3 Å². The first-order valence-electron chi connectivity index (χ1n) is 7.64. The van der Waals surface area contributed by atoms with Crippen LogP contribution < -0.4 is 5.56 Å². The fourth-order valence-corrected chi connectivity index (χ4v) is 3.47. The monoisotopic (exact) mass is 326 g/mol. The predicted octanol–water partition coefficient (Wildman–Crippen LogP) is 3.79. The zero-order valence-corrected chi connectivity index (χ0v) is 13.9. The van der Waals surface area contributed by atoms with E-state index >= 15 is 0 Å². The second kappa shape index (κ2) is 6.38. The summed E-state index contributed by atoms with van der Waals surface area (Å²) in [5, 5.41) is 13.1. The Labute approximate surface area is 138 Å². The van der Waals surface area contributed by atoms with Crippen molar-refractivity contribution in [3.63, 3.8) is 0 Å². The molecule has 0 bridgehead atoms. The zero-order chi connectivity index (χ0) is 16.4. The Balaban J connectivity index is 2.47. The number of hydrogen-bond acceptors (Lipinski definition) is 4. The summed E-state index contributed by atoms with van der Waals surface area (Å²) >= 11 is 1.41. The van der Waals surface area contributed by atoms with Gasteiger partial charge in [-0.15, -0.1) is 11.3 Å². The van der Waals surface area contributed by atoms with Gasteiger partial charge in [-0.3, -0.25) is 9.36 Å². The SMILES string of the molecule is CCc1c(O)c(CC)c(=O)n(-c2nccs2)c1-c1ccccc1. The van der Waals surface area contributed by atoms with Gasteiger partial charge in [-0.05, 0) is 18.4 Å². The molecule has 2 aromatic heterocycles. The Morgan fingerprint density at radius 2 is 1.83 bits per heavy atom. The number of aromatic hydroxyl groups is 1. The van der Waals surface area contributed by atoms with Crippen molar-refractivity contribution in [1.82, 2.24) is 9.55 Å². The van der Waals surface area contributed by atoms with Crippen molar-refractivity contribution in [3.8, 4) is 22.1 Å². The topological polar surface area (TPSA) is 55.1 Å². The number of rotatable bonds is 4. The van der Waals surface area contributed by atoms with E-state index in [4.69, 9.17) is 0 Å². The summed E-state index contributed by atoms with van der Waals surface area (Å²) in [6, 6.07) is 9.68. The third kappa shape index (κ3) is 2.57. The van der Waals surface area contributed by atoms with Crippen LogP contribution in [0.4, 0.5) is 0 Å². The van der Waals surface area contributed by atoms with Gasteiger partial charge in [0.25, 0.3) is 5.56 Å². The lowest BCUT2D eigenvalue weighted by Gasteiger charge is -2.18. The van der Waals surface area contributed by atoms with Crippen LogP contribution in [0.15, 0.2) is 46.7 Å². The van der Waals surface area contributed by atoms with Crippen LogP contribution in [-0.2, 0) is 12.8 Å². The Kier molecular flexibility index (Phi) is 4.30. The second-order valence-corrected chi connectivity index (χ2v) is 6.06. The Morgan fingerprint density at radius 1 is 1.13 bits per heavy atom. The van der Waals surface area contributed by atoms with E-state index in [0.29, 0.717) is 23.5 Å². The van der Waals surface area contributed by atoms with Gasteiger partial charge in [0, 0.05) is 17.1 Å². The van der Waals surface area contributed by atoms with Gasteiger partial charge in [0.15, 0.2) is 5.13 Å². The third-order valence-corrected chi connectivity index (χ3v) is 4.66. The first kappa shape index (κ1) is 15.5. The van der Waals surface area contributed by atoms with Crippen molar-refractivity contribution in [2.75, 3.05) is 0 Å². The van der Waals surface area contributed by atoms with Gasteiger partial charge >= 0.3 is 0 Å². The van der Waals surface area contributed by atoms with E-state index in [9.17, 15) is 9.90 Å². The van der Waals surface area contributed by atoms with Gasteiger partial charge in [0.1, 0.15) is 5.75 Å². The maximum absolute atomic E-state index is 13.0. The maximum atomic E-state index is 13.0. The molecule has 0 unspecified atom stereocenters. The minimum Gasteiger partial charge on any atom is -0.507 e. The molecule has 0 aliphatic heterocycles. The molecule has 0 aliphatic rings. The number of pyridine rings is 1. The minimum atomic E-state index is -0.198. The van der Waals surface area contributed by atoms with E-state index in [1.165, 1.54) is 11.3 Å². The average Bonchev–Trinajstić information content (AvgIpc) is 3.09. The van der Waals surface area contributed by atoms with E-state index in [1.807, 2.05) is 49.6 Å². The molecule has 5 heteroatoms. The zero-order valence-electron chi connectivity index (χ0n) is 13.1. The molecule has 1 aromatic carbocycles. The molecule has 23 heavy (non-hydrogen) atoms. The molecule has 1 N–H and O–H groups in total. The van der Waals surface area contributed by atoms with E-state index in [2.05, 4.69) is 4.98 Å². The normalized spacial score (nSPS) is 10.9. The van der Waals surface area contributed by atoms with Crippen molar-refractivity contribution in [2.45, 2.75) is 26.7 Å². The minimum absolute atomic E-state index is 0.117. The van der Waals surface area contributed by atoms with Gasteiger partial charge in [0.2, 0.25) is 0 Å². The molecule has 0 amide bonds. The van der Waals surface area contributed by atoms with E-state index in [1.54, 1.807) is 10.8 Å². The van der Waals surface area contributed by atoms with E-state index < -0.39 is 0 Å². The lowest BCUT2D eigenvalue weighted by molar-refractivity contribution is 0.459. The van der Waals surface area contributed by atoms with Crippen LogP contribution in [0, 0.1) is 0 Å². The Bertz CT molecular complexity index is 868. The Morgan fingerprint density at radius 3 is 2.39 bits per heavy atom. The van der Waals surface area contributed by atoms with Gasteiger partial charge in [-0.25, -0.2) is 4.98 Å². The van der Waals surface area contributed by atoms with Crippen LogP contribution in [-0.4, -0.2) is 14.7 Å². The quantitative estimate of drug-likeness (QED) is 0.793. The average molecular weight is 326 g/mol. The first-order chi connectivity index (χ1) is 11.2. The highest BCUT2D eigenvalue weighted by Gasteiger charge is 2.22.